The fourth-order valence-corrected chi connectivity index (χ4v) is 1.50. The van der Waals surface area contributed by atoms with E-state index < -0.39 is 0 Å². The molecule has 3 heterocycles. The van der Waals surface area contributed by atoms with Gasteiger partial charge in [0, 0.05) is 23.5 Å². The summed E-state index contributed by atoms with van der Waals surface area (Å²) in [6, 6.07) is 3.79. The molecule has 0 aliphatic carbocycles. The summed E-state index contributed by atoms with van der Waals surface area (Å²) in [7, 11) is 0. The van der Waals surface area contributed by atoms with Gasteiger partial charge in [-0.05, 0) is 12.1 Å². The summed E-state index contributed by atoms with van der Waals surface area (Å²) in [5, 5.41) is 14.7. The molecule has 0 fully saturated rings. The van der Waals surface area contributed by atoms with Crippen LogP contribution in [0.1, 0.15) is 0 Å². The van der Waals surface area contributed by atoms with E-state index in [1.807, 2.05) is 12.1 Å². The first-order chi connectivity index (χ1) is 8.43. The van der Waals surface area contributed by atoms with Crippen LogP contribution in [0.3, 0.4) is 0 Å². The van der Waals surface area contributed by atoms with E-state index in [0.29, 0.717) is 0 Å². The highest BCUT2D eigenvalue weighted by molar-refractivity contribution is 5.66. The van der Waals surface area contributed by atoms with Crippen LogP contribution in [-0.4, -0.2) is 30.4 Å². The van der Waals surface area contributed by atoms with Crippen molar-refractivity contribution in [2.45, 2.75) is 0 Å². The fraction of sp³-hybridized carbons (Fsp3) is 0. The molecule has 0 aliphatic rings. The second-order valence-corrected chi connectivity index (χ2v) is 3.43. The molecule has 82 valence electrons. The molecule has 1 N–H and O–H groups in total. The zero-order valence-electron chi connectivity index (χ0n) is 8.78. The summed E-state index contributed by atoms with van der Waals surface area (Å²) < 4.78 is 0. The lowest BCUT2D eigenvalue weighted by Crippen LogP contribution is -1.81. The second-order valence-electron chi connectivity index (χ2n) is 3.43. The molecular formula is C11H8N6. The van der Waals surface area contributed by atoms with Gasteiger partial charge in [-0.25, -0.2) is 9.97 Å². The number of H-pyrrole nitrogens is 1. The number of rotatable bonds is 2. The van der Waals surface area contributed by atoms with Crippen molar-refractivity contribution in [2.75, 3.05) is 0 Å². The Hall–Kier alpha value is -2.63. The number of aromatic amines is 1. The van der Waals surface area contributed by atoms with Crippen molar-refractivity contribution in [1.29, 1.82) is 0 Å². The van der Waals surface area contributed by atoms with Crippen molar-refractivity contribution in [2.24, 2.45) is 0 Å². The largest absolute Gasteiger partial charge is 0.277 e. The van der Waals surface area contributed by atoms with Gasteiger partial charge in [-0.3, -0.25) is 5.10 Å². The molecule has 0 saturated carbocycles. The molecule has 0 radical (unpaired) electrons. The lowest BCUT2D eigenvalue weighted by Gasteiger charge is -1.93. The lowest BCUT2D eigenvalue weighted by molar-refractivity contribution is 1.02. The number of hydrogen-bond donors (Lipinski definition) is 1. The van der Waals surface area contributed by atoms with Crippen LogP contribution in [0.2, 0.25) is 0 Å². The minimum atomic E-state index is 0.803. The Labute approximate surface area is 96.8 Å². The molecular weight excluding hydrogens is 216 g/mol. The first-order valence-corrected chi connectivity index (χ1v) is 5.01. The molecule has 0 amide bonds. The van der Waals surface area contributed by atoms with E-state index in [0.717, 1.165) is 22.5 Å². The van der Waals surface area contributed by atoms with Gasteiger partial charge in [0.05, 0.1) is 23.8 Å². The second kappa shape index (κ2) is 4.09. The first kappa shape index (κ1) is 9.59. The Balaban J connectivity index is 1.99. The third kappa shape index (κ3) is 1.87. The summed E-state index contributed by atoms with van der Waals surface area (Å²) in [6.45, 7) is 0. The normalized spacial score (nSPS) is 10.4. The maximum Gasteiger partial charge on any atom is 0.115 e. The van der Waals surface area contributed by atoms with Crippen molar-refractivity contribution in [1.82, 2.24) is 30.4 Å². The molecule has 6 nitrogen and oxygen atoms in total. The van der Waals surface area contributed by atoms with Gasteiger partial charge in [0.2, 0.25) is 0 Å². The molecule has 3 rings (SSSR count). The number of hydrogen-bond acceptors (Lipinski definition) is 5. The summed E-state index contributed by atoms with van der Waals surface area (Å²) in [5.41, 5.74) is 3.50. The Morgan fingerprint density at radius 1 is 0.941 bits per heavy atom. The molecule has 0 aliphatic heterocycles. The molecule has 3 aromatic heterocycles. The van der Waals surface area contributed by atoms with Crippen molar-refractivity contribution < 1.29 is 0 Å². The van der Waals surface area contributed by atoms with E-state index in [-0.39, 0.29) is 0 Å². The third-order valence-corrected chi connectivity index (χ3v) is 2.33. The summed E-state index contributed by atoms with van der Waals surface area (Å²) >= 11 is 0. The highest BCUT2D eigenvalue weighted by Gasteiger charge is 2.05. The van der Waals surface area contributed by atoms with Crippen LogP contribution in [0, 0.1) is 0 Å². The van der Waals surface area contributed by atoms with Gasteiger partial charge < -0.3 is 0 Å². The van der Waals surface area contributed by atoms with Crippen LogP contribution in [0.5, 0.6) is 0 Å². The third-order valence-electron chi connectivity index (χ3n) is 2.33. The minimum Gasteiger partial charge on any atom is -0.277 e. The predicted molar refractivity (Wildman–Crippen MR) is 60.6 cm³/mol. The van der Waals surface area contributed by atoms with E-state index in [1.165, 1.54) is 6.33 Å². The Bertz CT molecular complexity index is 550. The Kier molecular flexibility index (Phi) is 2.31. The van der Waals surface area contributed by atoms with Gasteiger partial charge in [-0.2, -0.15) is 15.3 Å². The molecule has 0 unspecified atom stereocenters. The monoisotopic (exact) mass is 224 g/mol. The van der Waals surface area contributed by atoms with Crippen LogP contribution in [-0.2, 0) is 0 Å². The van der Waals surface area contributed by atoms with Gasteiger partial charge in [0.15, 0.2) is 0 Å². The average Bonchev–Trinajstić information content (AvgIpc) is 2.90. The summed E-state index contributed by atoms with van der Waals surface area (Å²) in [6.07, 6.45) is 8.25. The standard InChI is InChI=1S/C11H8N6/c1-2-14-15-6-8(1)10-3-11(17-16-10)9-4-12-7-13-5-9/h1-7H,(H,16,17). The molecule has 0 spiro atoms. The van der Waals surface area contributed by atoms with E-state index in [1.54, 1.807) is 24.8 Å². The number of nitrogens with one attached hydrogen (secondary N) is 1. The van der Waals surface area contributed by atoms with E-state index in [2.05, 4.69) is 30.4 Å². The number of aromatic nitrogens is 6. The van der Waals surface area contributed by atoms with Crippen LogP contribution < -0.4 is 0 Å². The van der Waals surface area contributed by atoms with Crippen molar-refractivity contribution >= 4 is 0 Å². The van der Waals surface area contributed by atoms with Crippen LogP contribution in [0.25, 0.3) is 22.5 Å². The fourth-order valence-electron chi connectivity index (χ4n) is 1.50. The van der Waals surface area contributed by atoms with E-state index in [9.17, 15) is 0 Å². The van der Waals surface area contributed by atoms with Crippen LogP contribution in [0.15, 0.2) is 43.2 Å². The summed E-state index contributed by atoms with van der Waals surface area (Å²) in [5.74, 6) is 0. The predicted octanol–water partition coefficient (Wildman–Crippen LogP) is 1.32. The topological polar surface area (TPSA) is 80.2 Å². The molecule has 0 aromatic carbocycles. The quantitative estimate of drug-likeness (QED) is 0.710. The number of nitrogens with zero attached hydrogens (tertiary/aromatic N) is 5. The molecule has 6 heteroatoms. The highest BCUT2D eigenvalue weighted by atomic mass is 15.1. The van der Waals surface area contributed by atoms with Crippen LogP contribution in [0.4, 0.5) is 0 Å². The summed E-state index contributed by atoms with van der Waals surface area (Å²) in [4.78, 5) is 7.91. The molecule has 3 aromatic rings. The van der Waals surface area contributed by atoms with Crippen molar-refractivity contribution in [3.05, 3.63) is 43.2 Å². The zero-order chi connectivity index (χ0) is 11.5. The molecule has 0 atom stereocenters. The van der Waals surface area contributed by atoms with Gasteiger partial charge in [-0.15, -0.1) is 0 Å². The minimum absolute atomic E-state index is 0.803. The average molecular weight is 224 g/mol. The lowest BCUT2D eigenvalue weighted by atomic mass is 10.2. The maximum absolute atomic E-state index is 4.21. The van der Waals surface area contributed by atoms with Gasteiger partial charge in [-0.1, -0.05) is 0 Å². The van der Waals surface area contributed by atoms with Crippen LogP contribution >= 0.6 is 0 Å². The van der Waals surface area contributed by atoms with Crippen molar-refractivity contribution in [3.8, 4) is 22.5 Å². The van der Waals surface area contributed by atoms with E-state index >= 15 is 0 Å². The SMILES string of the molecule is c1ncc(-c2cc(-c3ccnnc3)[nH]n2)cn1. The van der Waals surface area contributed by atoms with Gasteiger partial charge >= 0.3 is 0 Å². The Morgan fingerprint density at radius 2 is 1.82 bits per heavy atom. The zero-order valence-corrected chi connectivity index (χ0v) is 8.78. The highest BCUT2D eigenvalue weighted by Crippen LogP contribution is 2.21. The molecule has 0 saturated heterocycles. The van der Waals surface area contributed by atoms with E-state index in [4.69, 9.17) is 0 Å². The van der Waals surface area contributed by atoms with Gasteiger partial charge in [0.25, 0.3) is 0 Å². The maximum atomic E-state index is 4.21. The molecule has 17 heavy (non-hydrogen) atoms. The smallest absolute Gasteiger partial charge is 0.115 e. The first-order valence-electron chi connectivity index (χ1n) is 5.01. The molecule has 0 bridgehead atoms. The van der Waals surface area contributed by atoms with Crippen molar-refractivity contribution in [3.63, 3.8) is 0 Å². The Morgan fingerprint density at radius 3 is 2.59 bits per heavy atom. The van der Waals surface area contributed by atoms with Gasteiger partial charge in [0.1, 0.15) is 6.33 Å².